The molecule has 0 aliphatic heterocycles. The predicted octanol–water partition coefficient (Wildman–Crippen LogP) is 3.11. The number of carbonyl (C=O) groups is 1. The number of hydrogen-bond acceptors (Lipinski definition) is 5. The van der Waals surface area contributed by atoms with Gasteiger partial charge in [-0.2, -0.15) is 4.36 Å². The fourth-order valence-electron chi connectivity index (χ4n) is 1.87. The number of hydrogen-bond donors (Lipinski definition) is 3. The molecule has 0 radical (unpaired) electrons. The van der Waals surface area contributed by atoms with E-state index in [1.54, 1.807) is 44.2 Å². The van der Waals surface area contributed by atoms with E-state index in [4.69, 9.17) is 0 Å². The van der Waals surface area contributed by atoms with Crippen LogP contribution < -0.4 is 10.6 Å². The molecular formula is C18H25BrN4O3S. The summed E-state index contributed by atoms with van der Waals surface area (Å²) in [6, 6.07) is 6.64. The van der Waals surface area contributed by atoms with Gasteiger partial charge in [0.2, 0.25) is 0 Å². The highest BCUT2D eigenvalue weighted by Crippen LogP contribution is 2.14. The van der Waals surface area contributed by atoms with E-state index in [0.29, 0.717) is 28.2 Å². The minimum atomic E-state index is -2.49. The van der Waals surface area contributed by atoms with Crippen LogP contribution >= 0.6 is 15.9 Å². The molecule has 1 aromatic rings. The molecule has 9 heteroatoms. The molecule has 0 heterocycles. The van der Waals surface area contributed by atoms with E-state index in [1.807, 2.05) is 0 Å². The monoisotopic (exact) mass is 456 g/mol. The average molecular weight is 457 g/mol. The van der Waals surface area contributed by atoms with Crippen LogP contribution in [0, 0.1) is 0 Å². The van der Waals surface area contributed by atoms with E-state index in [9.17, 15) is 14.1 Å². The van der Waals surface area contributed by atoms with Crippen LogP contribution in [0.25, 0.3) is 0 Å². The fourth-order valence-corrected chi connectivity index (χ4v) is 2.61. The van der Waals surface area contributed by atoms with E-state index in [-0.39, 0.29) is 0 Å². The molecule has 0 fully saturated rings. The second-order valence-electron chi connectivity index (χ2n) is 6.11. The van der Waals surface area contributed by atoms with Crippen LogP contribution in [0.2, 0.25) is 0 Å². The van der Waals surface area contributed by atoms with Crippen LogP contribution in [0.4, 0.5) is 5.69 Å². The van der Waals surface area contributed by atoms with Crippen molar-refractivity contribution in [2.24, 2.45) is 9.36 Å². The van der Waals surface area contributed by atoms with E-state index >= 15 is 0 Å². The molecule has 0 aromatic heterocycles. The Balaban J connectivity index is 2.93. The zero-order valence-electron chi connectivity index (χ0n) is 15.8. The fraction of sp³-hybridized carbons (Fsp3) is 0.333. The number of nitrogens with one attached hydrogen (secondary N) is 2. The van der Waals surface area contributed by atoms with Crippen molar-refractivity contribution in [3.05, 3.63) is 52.8 Å². The molecule has 148 valence electrons. The van der Waals surface area contributed by atoms with E-state index in [0.717, 1.165) is 5.69 Å². The van der Waals surface area contributed by atoms with Crippen molar-refractivity contribution in [3.63, 3.8) is 0 Å². The summed E-state index contributed by atoms with van der Waals surface area (Å²) in [6.07, 6.45) is 3.91. The summed E-state index contributed by atoms with van der Waals surface area (Å²) < 4.78 is 15.9. The van der Waals surface area contributed by atoms with E-state index in [2.05, 4.69) is 42.5 Å². The molecule has 1 aromatic carbocycles. The molecular weight excluding hydrogens is 432 g/mol. The molecule has 0 spiro atoms. The molecule has 0 aliphatic carbocycles. The van der Waals surface area contributed by atoms with Gasteiger partial charge in [0, 0.05) is 40.0 Å². The molecule has 0 saturated heterocycles. The van der Waals surface area contributed by atoms with Gasteiger partial charge in [-0.3, -0.25) is 4.79 Å². The van der Waals surface area contributed by atoms with Gasteiger partial charge in [0.25, 0.3) is 5.91 Å². The Morgan fingerprint density at radius 3 is 2.44 bits per heavy atom. The average Bonchev–Trinajstić information content (AvgIpc) is 2.56. The Labute approximate surface area is 169 Å². The van der Waals surface area contributed by atoms with Gasteiger partial charge < -0.3 is 15.7 Å². The van der Waals surface area contributed by atoms with Crippen molar-refractivity contribution in [1.82, 2.24) is 5.32 Å². The van der Waals surface area contributed by atoms with Crippen molar-refractivity contribution in [2.45, 2.75) is 20.0 Å². The molecule has 0 bridgehead atoms. The van der Waals surface area contributed by atoms with Crippen molar-refractivity contribution in [2.75, 3.05) is 24.4 Å². The minimum absolute atomic E-state index is 0.341. The van der Waals surface area contributed by atoms with Crippen molar-refractivity contribution in [1.29, 1.82) is 0 Å². The number of aliphatic hydroxyl groups excluding tert-OH is 1. The molecule has 7 nitrogen and oxygen atoms in total. The maximum Gasteiger partial charge on any atom is 0.285 e. The number of aliphatic hydroxyl groups is 1. The summed E-state index contributed by atoms with van der Waals surface area (Å²) in [5.41, 5.74) is 1.09. The summed E-state index contributed by atoms with van der Waals surface area (Å²) >= 11 is 3.37. The Morgan fingerprint density at radius 1 is 1.37 bits per heavy atom. The largest absolute Gasteiger partial charge is 0.392 e. The van der Waals surface area contributed by atoms with Crippen LogP contribution in [-0.2, 0) is 9.73 Å². The molecule has 0 aliphatic rings. The highest BCUT2D eigenvalue weighted by molar-refractivity contribution is 9.11. The standard InChI is InChI=1S/C18H25BrN4O3S/c1-6-16(19)17(20-11-12(2)24)22-13(3)21-15-9-7-14(8-10-15)18(25)23-27(4,5)26/h6-10,12,20,24H,1,11H2,2-5H3,(H,21,22)/b17-16+. The first-order chi connectivity index (χ1) is 12.5. The summed E-state index contributed by atoms with van der Waals surface area (Å²) in [4.78, 5) is 16.4. The number of amides is 1. The lowest BCUT2D eigenvalue weighted by Crippen LogP contribution is -2.24. The Bertz CT molecular complexity index is 859. The summed E-state index contributed by atoms with van der Waals surface area (Å²) in [7, 11) is -2.49. The zero-order valence-corrected chi connectivity index (χ0v) is 18.2. The van der Waals surface area contributed by atoms with Gasteiger partial charge in [0.05, 0.1) is 10.6 Å². The van der Waals surface area contributed by atoms with Crippen molar-refractivity contribution in [3.8, 4) is 0 Å². The summed E-state index contributed by atoms with van der Waals surface area (Å²) in [5, 5.41) is 15.6. The van der Waals surface area contributed by atoms with Crippen LogP contribution in [0.3, 0.4) is 0 Å². The van der Waals surface area contributed by atoms with Gasteiger partial charge in [-0.15, -0.1) is 0 Å². The van der Waals surface area contributed by atoms with Gasteiger partial charge in [-0.05, 0) is 54.0 Å². The molecule has 1 unspecified atom stereocenters. The predicted molar refractivity (Wildman–Crippen MR) is 116 cm³/mol. The number of aliphatic imine (C=N–C) groups is 1. The van der Waals surface area contributed by atoms with Gasteiger partial charge in [-0.25, -0.2) is 9.20 Å². The molecule has 0 saturated carbocycles. The molecule has 1 atom stereocenters. The normalized spacial score (nSPS) is 14.1. The quantitative estimate of drug-likeness (QED) is 0.332. The number of anilines is 1. The highest BCUT2D eigenvalue weighted by atomic mass is 79.9. The van der Waals surface area contributed by atoms with Crippen molar-refractivity contribution < 1.29 is 14.1 Å². The number of amidine groups is 1. The maximum absolute atomic E-state index is 11.9. The first kappa shape index (κ1) is 23.1. The number of halogens is 1. The van der Waals surface area contributed by atoms with Crippen LogP contribution in [0.5, 0.6) is 0 Å². The van der Waals surface area contributed by atoms with Crippen LogP contribution in [0.15, 0.2) is 56.6 Å². The van der Waals surface area contributed by atoms with E-state index < -0.39 is 21.7 Å². The minimum Gasteiger partial charge on any atom is -0.392 e. The number of nitrogens with zero attached hydrogens (tertiary/aromatic N) is 2. The van der Waals surface area contributed by atoms with Gasteiger partial charge in [0.1, 0.15) is 11.7 Å². The summed E-state index contributed by atoms with van der Waals surface area (Å²) in [6.45, 7) is 7.49. The number of rotatable bonds is 7. The lowest BCUT2D eigenvalue weighted by molar-refractivity contribution is 0.100. The lowest BCUT2D eigenvalue weighted by Gasteiger charge is -2.12. The number of allylic oxidation sites excluding steroid dienone is 2. The molecule has 27 heavy (non-hydrogen) atoms. The van der Waals surface area contributed by atoms with Crippen LogP contribution in [-0.4, -0.2) is 46.2 Å². The van der Waals surface area contributed by atoms with Gasteiger partial charge >= 0.3 is 0 Å². The Hall–Kier alpha value is -1.97. The van der Waals surface area contributed by atoms with Crippen LogP contribution in [0.1, 0.15) is 24.2 Å². The second-order valence-corrected chi connectivity index (χ2v) is 9.51. The smallest absolute Gasteiger partial charge is 0.285 e. The van der Waals surface area contributed by atoms with E-state index in [1.165, 1.54) is 12.5 Å². The first-order valence-electron chi connectivity index (χ1n) is 8.10. The zero-order chi connectivity index (χ0) is 20.6. The third-order valence-corrected chi connectivity index (χ3v) is 4.31. The number of benzene rings is 1. The molecule has 3 N–H and O–H groups in total. The highest BCUT2D eigenvalue weighted by Gasteiger charge is 2.07. The van der Waals surface area contributed by atoms with Gasteiger partial charge in [0.15, 0.2) is 0 Å². The number of carbonyl (C=O) groups excluding carboxylic acids is 1. The third-order valence-electron chi connectivity index (χ3n) is 3.01. The lowest BCUT2D eigenvalue weighted by atomic mass is 10.2. The van der Waals surface area contributed by atoms with Crippen molar-refractivity contribution >= 4 is 43.1 Å². The Morgan fingerprint density at radius 2 is 1.96 bits per heavy atom. The summed E-state index contributed by atoms with van der Waals surface area (Å²) in [5.74, 6) is 0.613. The SMILES string of the molecule is C=C/C(Br)=C(\N=C(/C)Nc1ccc(C(=O)N=S(C)(C)=O)cc1)NCC(C)O. The molecule has 1 amide bonds. The third kappa shape index (κ3) is 8.98. The first-order valence-corrected chi connectivity index (χ1v) is 11.2. The Kier molecular flexibility index (Phi) is 8.87. The second kappa shape index (κ2) is 10.4. The molecule has 1 rings (SSSR count). The van der Waals surface area contributed by atoms with Gasteiger partial charge in [-0.1, -0.05) is 12.7 Å². The maximum atomic E-state index is 11.9. The topological polar surface area (TPSA) is 103 Å².